The maximum atomic E-state index is 12.0. The Balaban J connectivity index is 2.22. The van der Waals surface area contributed by atoms with Gasteiger partial charge in [-0.1, -0.05) is 29.7 Å². The number of carbonyl (C=O) groups excluding carboxylic acids is 1. The van der Waals surface area contributed by atoms with Crippen molar-refractivity contribution in [1.29, 1.82) is 0 Å². The molecule has 0 heterocycles. The molecule has 0 aliphatic heterocycles. The van der Waals surface area contributed by atoms with Crippen molar-refractivity contribution in [2.75, 3.05) is 5.32 Å². The van der Waals surface area contributed by atoms with Gasteiger partial charge in [0.05, 0.1) is 0 Å². The second kappa shape index (κ2) is 5.60. The number of halogens is 1. The number of hydrogen-bond acceptors (Lipinski definition) is 1. The molecule has 0 aliphatic carbocycles. The van der Waals surface area contributed by atoms with E-state index >= 15 is 0 Å². The summed E-state index contributed by atoms with van der Waals surface area (Å²) in [5.74, 6) is 2.37. The van der Waals surface area contributed by atoms with Gasteiger partial charge < -0.3 is 5.32 Å². The third-order valence-electron chi connectivity index (χ3n) is 2.74. The molecule has 0 spiro atoms. The van der Waals surface area contributed by atoms with E-state index in [1.165, 1.54) is 0 Å². The zero-order chi connectivity index (χ0) is 13.8. The van der Waals surface area contributed by atoms with Crippen LogP contribution in [0.2, 0.25) is 5.02 Å². The van der Waals surface area contributed by atoms with E-state index < -0.39 is 0 Å². The van der Waals surface area contributed by atoms with Gasteiger partial charge in [-0.25, -0.2) is 0 Å². The van der Waals surface area contributed by atoms with Crippen molar-refractivity contribution >= 4 is 23.2 Å². The summed E-state index contributed by atoms with van der Waals surface area (Å²) in [6.07, 6.45) is 5.40. The summed E-state index contributed by atoms with van der Waals surface area (Å²) in [5, 5.41) is 3.32. The minimum absolute atomic E-state index is 0.214. The van der Waals surface area contributed by atoms with Crippen LogP contribution in [0, 0.1) is 19.3 Å². The van der Waals surface area contributed by atoms with E-state index in [1.54, 1.807) is 30.3 Å². The highest BCUT2D eigenvalue weighted by Gasteiger charge is 2.07. The third kappa shape index (κ3) is 3.15. The average molecular weight is 270 g/mol. The number of rotatable bonds is 2. The van der Waals surface area contributed by atoms with E-state index in [0.29, 0.717) is 16.3 Å². The summed E-state index contributed by atoms with van der Waals surface area (Å²) in [5.41, 5.74) is 2.95. The van der Waals surface area contributed by atoms with E-state index in [9.17, 15) is 4.79 Å². The zero-order valence-electron chi connectivity index (χ0n) is 10.4. The first-order chi connectivity index (χ1) is 9.10. The molecule has 0 saturated heterocycles. The van der Waals surface area contributed by atoms with E-state index in [0.717, 1.165) is 11.1 Å². The Hall–Kier alpha value is -2.24. The predicted molar refractivity (Wildman–Crippen MR) is 78.5 cm³/mol. The van der Waals surface area contributed by atoms with E-state index in [2.05, 4.69) is 11.2 Å². The number of carbonyl (C=O) groups is 1. The molecule has 0 unspecified atom stereocenters. The van der Waals surface area contributed by atoms with Crippen molar-refractivity contribution in [3.8, 4) is 12.3 Å². The van der Waals surface area contributed by atoms with Crippen LogP contribution in [-0.2, 0) is 0 Å². The molecule has 0 aromatic heterocycles. The largest absolute Gasteiger partial charge is 0.322 e. The first kappa shape index (κ1) is 13.2. The molecule has 0 atom stereocenters. The highest BCUT2D eigenvalue weighted by molar-refractivity contribution is 6.31. The van der Waals surface area contributed by atoms with Gasteiger partial charge in [-0.15, -0.1) is 6.42 Å². The molecule has 2 aromatic carbocycles. The molecule has 0 saturated carbocycles. The maximum absolute atomic E-state index is 12.0. The number of hydrogen-bond donors (Lipinski definition) is 1. The van der Waals surface area contributed by atoms with Gasteiger partial charge in [0, 0.05) is 21.8 Å². The van der Waals surface area contributed by atoms with E-state index in [4.69, 9.17) is 18.0 Å². The van der Waals surface area contributed by atoms with Gasteiger partial charge in [0.25, 0.3) is 5.91 Å². The second-order valence-electron chi connectivity index (χ2n) is 4.14. The Bertz CT molecular complexity index is 671. The number of aryl methyl sites for hydroxylation is 1. The highest BCUT2D eigenvalue weighted by atomic mass is 35.5. The Kier molecular flexibility index (Phi) is 3.89. The van der Waals surface area contributed by atoms with Gasteiger partial charge in [-0.3, -0.25) is 4.79 Å². The lowest BCUT2D eigenvalue weighted by molar-refractivity contribution is 0.102. The van der Waals surface area contributed by atoms with Gasteiger partial charge >= 0.3 is 0 Å². The molecule has 0 fully saturated rings. The van der Waals surface area contributed by atoms with Crippen molar-refractivity contribution in [3.05, 3.63) is 64.2 Å². The minimum atomic E-state index is -0.214. The first-order valence-corrected chi connectivity index (χ1v) is 6.12. The molecule has 19 heavy (non-hydrogen) atoms. The number of terminal acetylenes is 1. The normalized spacial score (nSPS) is 9.74. The number of anilines is 1. The summed E-state index contributed by atoms with van der Waals surface area (Å²) in [7, 11) is 0. The van der Waals surface area contributed by atoms with Gasteiger partial charge in [0.15, 0.2) is 0 Å². The maximum Gasteiger partial charge on any atom is 0.255 e. The van der Waals surface area contributed by atoms with Gasteiger partial charge in [-0.05, 0) is 42.8 Å². The van der Waals surface area contributed by atoms with E-state index in [-0.39, 0.29) is 5.91 Å². The number of nitrogens with one attached hydrogen (secondary N) is 1. The predicted octanol–water partition coefficient (Wildman–Crippen LogP) is 3.88. The summed E-state index contributed by atoms with van der Waals surface area (Å²) in [4.78, 5) is 12.0. The third-order valence-corrected chi connectivity index (χ3v) is 2.97. The Morgan fingerprint density at radius 3 is 2.74 bits per heavy atom. The van der Waals surface area contributed by atoms with Gasteiger partial charge in [-0.2, -0.15) is 0 Å². The minimum Gasteiger partial charge on any atom is -0.322 e. The van der Waals surface area contributed by atoms with Crippen LogP contribution in [0.5, 0.6) is 0 Å². The lowest BCUT2D eigenvalue weighted by atomic mass is 10.1. The molecule has 0 bridgehead atoms. The monoisotopic (exact) mass is 269 g/mol. The zero-order valence-corrected chi connectivity index (χ0v) is 11.2. The molecule has 94 valence electrons. The number of benzene rings is 2. The van der Waals surface area contributed by atoms with Crippen molar-refractivity contribution in [2.45, 2.75) is 6.92 Å². The fourth-order valence-corrected chi connectivity index (χ4v) is 1.88. The Morgan fingerprint density at radius 2 is 2.05 bits per heavy atom. The van der Waals surface area contributed by atoms with E-state index in [1.807, 2.05) is 19.1 Å². The average Bonchev–Trinajstić information content (AvgIpc) is 2.41. The molecule has 3 heteroatoms. The molecule has 1 N–H and O–H groups in total. The molecule has 2 nitrogen and oxygen atoms in total. The van der Waals surface area contributed by atoms with Crippen LogP contribution in [0.3, 0.4) is 0 Å². The Labute approximate surface area is 117 Å². The topological polar surface area (TPSA) is 29.1 Å². The smallest absolute Gasteiger partial charge is 0.255 e. The SMILES string of the molecule is C#Cc1cc(NC(=O)c2cccc(Cl)c2)ccc1C. The molecule has 1 amide bonds. The first-order valence-electron chi connectivity index (χ1n) is 5.74. The van der Waals surface area contributed by atoms with Crippen LogP contribution in [0.25, 0.3) is 0 Å². The molecule has 2 rings (SSSR count). The molecule has 2 aromatic rings. The molecular formula is C16H12ClNO. The van der Waals surface area contributed by atoms with Crippen LogP contribution >= 0.6 is 11.6 Å². The lowest BCUT2D eigenvalue weighted by Gasteiger charge is -2.07. The lowest BCUT2D eigenvalue weighted by Crippen LogP contribution is -2.11. The summed E-state index contributed by atoms with van der Waals surface area (Å²) >= 11 is 5.85. The quantitative estimate of drug-likeness (QED) is 0.824. The summed E-state index contributed by atoms with van der Waals surface area (Å²) in [6, 6.07) is 12.3. The summed E-state index contributed by atoms with van der Waals surface area (Å²) < 4.78 is 0. The second-order valence-corrected chi connectivity index (χ2v) is 4.57. The standard InChI is InChI=1S/C16H12ClNO/c1-3-12-10-15(8-7-11(12)2)18-16(19)13-5-4-6-14(17)9-13/h1,4-10H,2H3,(H,18,19). The molecule has 0 aliphatic rings. The van der Waals surface area contributed by atoms with Crippen molar-refractivity contribution in [3.63, 3.8) is 0 Å². The van der Waals surface area contributed by atoms with Crippen LogP contribution in [0.1, 0.15) is 21.5 Å². The number of amides is 1. The summed E-state index contributed by atoms with van der Waals surface area (Å²) in [6.45, 7) is 1.93. The molecule has 0 radical (unpaired) electrons. The fourth-order valence-electron chi connectivity index (χ4n) is 1.69. The van der Waals surface area contributed by atoms with Crippen LogP contribution in [-0.4, -0.2) is 5.91 Å². The van der Waals surface area contributed by atoms with Crippen molar-refractivity contribution < 1.29 is 4.79 Å². The van der Waals surface area contributed by atoms with Gasteiger partial charge in [0.2, 0.25) is 0 Å². The van der Waals surface area contributed by atoms with Gasteiger partial charge in [0.1, 0.15) is 0 Å². The van der Waals surface area contributed by atoms with Crippen LogP contribution < -0.4 is 5.32 Å². The fraction of sp³-hybridized carbons (Fsp3) is 0.0625. The Morgan fingerprint density at radius 1 is 1.26 bits per heavy atom. The van der Waals surface area contributed by atoms with Crippen molar-refractivity contribution in [2.24, 2.45) is 0 Å². The highest BCUT2D eigenvalue weighted by Crippen LogP contribution is 2.16. The molecular weight excluding hydrogens is 258 g/mol. The van der Waals surface area contributed by atoms with Crippen molar-refractivity contribution in [1.82, 2.24) is 0 Å². The van der Waals surface area contributed by atoms with Crippen LogP contribution in [0.15, 0.2) is 42.5 Å². The van der Waals surface area contributed by atoms with Crippen LogP contribution in [0.4, 0.5) is 5.69 Å².